The van der Waals surface area contributed by atoms with Crippen LogP contribution in [0.25, 0.3) is 0 Å². The summed E-state index contributed by atoms with van der Waals surface area (Å²) in [7, 11) is 0. The number of carbonyl (C=O) groups is 2. The molecule has 1 aliphatic rings. The van der Waals surface area contributed by atoms with Crippen molar-refractivity contribution in [2.45, 2.75) is 25.3 Å². The van der Waals surface area contributed by atoms with Gasteiger partial charge in [0.2, 0.25) is 0 Å². The molecular weight excluding hydrogens is 344 g/mol. The van der Waals surface area contributed by atoms with Gasteiger partial charge in [-0.25, -0.2) is 13.6 Å². The number of ether oxygens (including phenoxy) is 1. The highest BCUT2D eigenvalue weighted by Crippen LogP contribution is 2.26. The van der Waals surface area contributed by atoms with Gasteiger partial charge in [-0.1, -0.05) is 0 Å². The molecule has 0 radical (unpaired) electrons. The molecule has 1 amide bonds. The first kappa shape index (κ1) is 17.8. The molecule has 0 saturated carbocycles. The highest BCUT2D eigenvalue weighted by atomic mass is 19.1. The van der Waals surface area contributed by atoms with Crippen molar-refractivity contribution in [3.8, 4) is 11.5 Å². The van der Waals surface area contributed by atoms with Crippen molar-refractivity contribution >= 4 is 11.9 Å². The zero-order chi connectivity index (χ0) is 18.7. The normalized spacial score (nSPS) is 17.0. The lowest BCUT2D eigenvalue weighted by atomic mass is 10.0. The van der Waals surface area contributed by atoms with Gasteiger partial charge in [-0.2, -0.15) is 0 Å². The van der Waals surface area contributed by atoms with Crippen LogP contribution in [0.5, 0.6) is 11.5 Å². The van der Waals surface area contributed by atoms with E-state index in [2.05, 4.69) is 0 Å². The van der Waals surface area contributed by atoms with E-state index in [0.717, 1.165) is 25.0 Å². The number of benzene rings is 2. The lowest BCUT2D eigenvalue weighted by Crippen LogP contribution is -2.47. The Morgan fingerprint density at radius 1 is 1.08 bits per heavy atom. The molecule has 2 aromatic carbocycles. The van der Waals surface area contributed by atoms with Crippen molar-refractivity contribution < 1.29 is 28.2 Å². The third-order valence-corrected chi connectivity index (χ3v) is 4.27. The summed E-state index contributed by atoms with van der Waals surface area (Å²) in [6.45, 7) is 0.398. The molecule has 1 fully saturated rings. The van der Waals surface area contributed by atoms with Crippen LogP contribution in [0, 0.1) is 11.6 Å². The zero-order valence-electron chi connectivity index (χ0n) is 13.8. The zero-order valence-corrected chi connectivity index (χ0v) is 13.8. The molecule has 5 nitrogen and oxygen atoms in total. The van der Waals surface area contributed by atoms with Gasteiger partial charge in [0.05, 0.1) is 0 Å². The van der Waals surface area contributed by atoms with Crippen LogP contribution in [0.3, 0.4) is 0 Å². The molecule has 1 atom stereocenters. The fourth-order valence-corrected chi connectivity index (χ4v) is 2.95. The molecular formula is C19H17F2NO4. The van der Waals surface area contributed by atoms with Crippen LogP contribution in [0.1, 0.15) is 29.6 Å². The molecule has 3 rings (SSSR count). The van der Waals surface area contributed by atoms with E-state index in [-0.39, 0.29) is 17.4 Å². The van der Waals surface area contributed by atoms with Crippen LogP contribution >= 0.6 is 0 Å². The van der Waals surface area contributed by atoms with Gasteiger partial charge in [-0.05, 0) is 55.7 Å². The van der Waals surface area contributed by atoms with Crippen molar-refractivity contribution in [1.29, 1.82) is 0 Å². The number of aliphatic carboxylic acids is 1. The smallest absolute Gasteiger partial charge is 0.326 e. The van der Waals surface area contributed by atoms with Crippen LogP contribution in [0.4, 0.5) is 8.78 Å². The van der Waals surface area contributed by atoms with Crippen LogP contribution < -0.4 is 4.74 Å². The third kappa shape index (κ3) is 3.82. The molecule has 0 aliphatic carbocycles. The van der Waals surface area contributed by atoms with Crippen LogP contribution in [-0.2, 0) is 4.79 Å². The third-order valence-electron chi connectivity index (χ3n) is 4.27. The average Bonchev–Trinajstić information content (AvgIpc) is 2.64. The molecule has 7 heteroatoms. The Morgan fingerprint density at radius 3 is 2.46 bits per heavy atom. The SMILES string of the molecule is O=C(O)[C@H]1CCCCN1C(=O)c1ccc(Oc2ccc(F)cc2F)cc1. The molecule has 136 valence electrons. The first-order valence-electron chi connectivity index (χ1n) is 8.22. The van der Waals surface area contributed by atoms with Gasteiger partial charge in [0.15, 0.2) is 11.6 Å². The number of amides is 1. The Labute approximate surface area is 148 Å². The van der Waals surface area contributed by atoms with Gasteiger partial charge in [0.1, 0.15) is 17.6 Å². The maximum absolute atomic E-state index is 13.6. The van der Waals surface area contributed by atoms with E-state index in [1.165, 1.54) is 35.2 Å². The van der Waals surface area contributed by atoms with E-state index in [4.69, 9.17) is 4.74 Å². The van der Waals surface area contributed by atoms with Crippen LogP contribution in [0.15, 0.2) is 42.5 Å². The first-order chi connectivity index (χ1) is 12.5. The molecule has 0 unspecified atom stereocenters. The highest BCUT2D eigenvalue weighted by Gasteiger charge is 2.32. The molecule has 1 N–H and O–H groups in total. The minimum atomic E-state index is -1.01. The number of piperidine rings is 1. The van der Waals surface area contributed by atoms with Gasteiger partial charge < -0.3 is 14.7 Å². The second-order valence-electron chi connectivity index (χ2n) is 6.05. The summed E-state index contributed by atoms with van der Waals surface area (Å²) >= 11 is 0. The van der Waals surface area contributed by atoms with Crippen molar-refractivity contribution in [3.05, 3.63) is 59.7 Å². The monoisotopic (exact) mass is 361 g/mol. The Balaban J connectivity index is 1.74. The van der Waals surface area contributed by atoms with Crippen LogP contribution in [-0.4, -0.2) is 34.5 Å². The Kier molecular flexibility index (Phi) is 5.16. The molecule has 1 aliphatic heterocycles. The van der Waals surface area contributed by atoms with E-state index >= 15 is 0 Å². The number of rotatable bonds is 4. The fraction of sp³-hybridized carbons (Fsp3) is 0.263. The predicted octanol–water partition coefficient (Wildman–Crippen LogP) is 3.84. The van der Waals surface area contributed by atoms with Gasteiger partial charge >= 0.3 is 5.97 Å². The van der Waals surface area contributed by atoms with E-state index in [9.17, 15) is 23.5 Å². The summed E-state index contributed by atoms with van der Waals surface area (Å²) in [6, 6.07) is 8.11. The summed E-state index contributed by atoms with van der Waals surface area (Å²) in [4.78, 5) is 25.3. The topological polar surface area (TPSA) is 66.8 Å². The minimum absolute atomic E-state index is 0.132. The summed E-state index contributed by atoms with van der Waals surface area (Å²) in [5, 5.41) is 9.28. The standard InChI is InChI=1S/C19H17F2NO4/c20-13-6-9-17(15(21)11-13)26-14-7-4-12(5-8-14)18(23)22-10-2-1-3-16(22)19(24)25/h4-9,11,16H,1-3,10H2,(H,24,25)/t16-/m1/s1. The van der Waals surface area contributed by atoms with Gasteiger partial charge in [-0.15, -0.1) is 0 Å². The Morgan fingerprint density at radius 2 is 1.81 bits per heavy atom. The van der Waals surface area contributed by atoms with Gasteiger partial charge in [-0.3, -0.25) is 4.79 Å². The highest BCUT2D eigenvalue weighted by molar-refractivity contribution is 5.96. The lowest BCUT2D eigenvalue weighted by Gasteiger charge is -2.33. The second kappa shape index (κ2) is 7.51. The van der Waals surface area contributed by atoms with Gasteiger partial charge in [0, 0.05) is 18.2 Å². The fourth-order valence-electron chi connectivity index (χ4n) is 2.95. The van der Waals surface area contributed by atoms with E-state index < -0.39 is 23.6 Å². The molecule has 2 aromatic rings. The summed E-state index contributed by atoms with van der Waals surface area (Å²) < 4.78 is 31.9. The largest absolute Gasteiger partial charge is 0.480 e. The molecule has 0 spiro atoms. The number of hydrogen-bond acceptors (Lipinski definition) is 3. The number of carboxylic acid groups (broad SMARTS) is 1. The van der Waals surface area contributed by atoms with E-state index in [0.29, 0.717) is 18.5 Å². The van der Waals surface area contributed by atoms with E-state index in [1.807, 2.05) is 0 Å². The number of carbonyl (C=O) groups excluding carboxylic acids is 1. The number of likely N-dealkylation sites (tertiary alicyclic amines) is 1. The number of carboxylic acids is 1. The first-order valence-corrected chi connectivity index (χ1v) is 8.22. The second-order valence-corrected chi connectivity index (χ2v) is 6.05. The van der Waals surface area contributed by atoms with Gasteiger partial charge in [0.25, 0.3) is 5.91 Å². The molecule has 0 bridgehead atoms. The van der Waals surface area contributed by atoms with Crippen molar-refractivity contribution in [2.75, 3.05) is 6.54 Å². The number of hydrogen-bond donors (Lipinski definition) is 1. The summed E-state index contributed by atoms with van der Waals surface area (Å²) in [5.41, 5.74) is 0.324. The van der Waals surface area contributed by atoms with Crippen molar-refractivity contribution in [3.63, 3.8) is 0 Å². The molecule has 1 saturated heterocycles. The summed E-state index contributed by atoms with van der Waals surface area (Å²) in [6.07, 6.45) is 1.98. The van der Waals surface area contributed by atoms with Crippen molar-refractivity contribution in [2.24, 2.45) is 0 Å². The summed E-state index contributed by atoms with van der Waals surface area (Å²) in [5.74, 6) is -2.76. The molecule has 26 heavy (non-hydrogen) atoms. The Hall–Kier alpha value is -2.96. The van der Waals surface area contributed by atoms with Crippen molar-refractivity contribution in [1.82, 2.24) is 4.90 Å². The average molecular weight is 361 g/mol. The van der Waals surface area contributed by atoms with E-state index in [1.54, 1.807) is 0 Å². The maximum atomic E-state index is 13.6. The lowest BCUT2D eigenvalue weighted by molar-refractivity contribution is -0.143. The quantitative estimate of drug-likeness (QED) is 0.899. The van der Waals surface area contributed by atoms with Crippen LogP contribution in [0.2, 0.25) is 0 Å². The Bertz CT molecular complexity index is 823. The maximum Gasteiger partial charge on any atom is 0.326 e. The molecule has 1 heterocycles. The minimum Gasteiger partial charge on any atom is -0.480 e. The number of nitrogens with zero attached hydrogens (tertiary/aromatic N) is 1. The predicted molar refractivity (Wildman–Crippen MR) is 89.2 cm³/mol. The molecule has 0 aromatic heterocycles. The number of halogens is 2.